The first-order chi connectivity index (χ1) is 6.74. The van der Waals surface area contributed by atoms with E-state index in [1.165, 1.54) is 38.8 Å². The first-order valence-corrected chi connectivity index (χ1v) is 5.83. The molecule has 1 aliphatic carbocycles. The van der Waals surface area contributed by atoms with Crippen molar-refractivity contribution >= 4 is 0 Å². The molecule has 0 atom stereocenters. The van der Waals surface area contributed by atoms with E-state index in [1.54, 1.807) is 0 Å². The lowest BCUT2D eigenvalue weighted by Crippen LogP contribution is -2.46. The molecule has 2 aliphatic rings. The number of rotatable bonds is 2. The van der Waals surface area contributed by atoms with Crippen LogP contribution in [0.15, 0.2) is 0 Å². The molecule has 2 rings (SSSR count). The Morgan fingerprint density at radius 1 is 1.36 bits per heavy atom. The fourth-order valence-corrected chi connectivity index (χ4v) is 3.29. The summed E-state index contributed by atoms with van der Waals surface area (Å²) in [5, 5.41) is 8.51. The molecule has 1 saturated carbocycles. The maximum Gasteiger partial charge on any atom is 0.0635 e. The topological polar surface area (TPSA) is 27.0 Å². The molecule has 78 valence electrons. The predicted octanol–water partition coefficient (Wildman–Crippen LogP) is 2.41. The van der Waals surface area contributed by atoms with Crippen LogP contribution in [-0.2, 0) is 0 Å². The van der Waals surface area contributed by atoms with Gasteiger partial charge in [-0.15, -0.1) is 0 Å². The van der Waals surface area contributed by atoms with Crippen LogP contribution in [0, 0.1) is 22.7 Å². The van der Waals surface area contributed by atoms with Gasteiger partial charge in [0.05, 0.1) is 6.07 Å². The molecule has 1 spiro atoms. The molecule has 0 N–H and O–H groups in total. The zero-order valence-corrected chi connectivity index (χ0v) is 9.13. The van der Waals surface area contributed by atoms with Gasteiger partial charge in [-0.3, -0.25) is 0 Å². The van der Waals surface area contributed by atoms with E-state index in [9.17, 15) is 0 Å². The number of nitrogens with zero attached hydrogens (tertiary/aromatic N) is 2. The van der Waals surface area contributed by atoms with Crippen molar-refractivity contribution in [3.05, 3.63) is 0 Å². The summed E-state index contributed by atoms with van der Waals surface area (Å²) in [6.07, 6.45) is 6.37. The van der Waals surface area contributed by atoms with Crippen molar-refractivity contribution in [1.82, 2.24) is 4.90 Å². The van der Waals surface area contributed by atoms with Crippen molar-refractivity contribution in [2.45, 2.75) is 39.0 Å². The van der Waals surface area contributed by atoms with E-state index in [0.717, 1.165) is 17.9 Å². The van der Waals surface area contributed by atoms with Crippen LogP contribution < -0.4 is 0 Å². The molecule has 2 heteroatoms. The molecule has 2 fully saturated rings. The number of likely N-dealkylation sites (tertiary alicyclic amines) is 1. The van der Waals surface area contributed by atoms with Gasteiger partial charge in [-0.2, -0.15) is 5.26 Å². The van der Waals surface area contributed by atoms with Crippen LogP contribution >= 0.6 is 0 Å². The fraction of sp³-hybridized carbons (Fsp3) is 0.917. The van der Waals surface area contributed by atoms with Gasteiger partial charge in [0.15, 0.2) is 0 Å². The molecule has 0 bridgehead atoms. The minimum Gasteiger partial charge on any atom is -0.302 e. The summed E-state index contributed by atoms with van der Waals surface area (Å²) in [5.41, 5.74) is 0.725. The Kier molecular flexibility index (Phi) is 2.78. The van der Waals surface area contributed by atoms with Gasteiger partial charge in [0.25, 0.3) is 0 Å². The largest absolute Gasteiger partial charge is 0.302 e. The summed E-state index contributed by atoms with van der Waals surface area (Å²) < 4.78 is 0. The molecule has 0 aromatic carbocycles. The molecule has 0 unspecified atom stereocenters. The summed E-state index contributed by atoms with van der Waals surface area (Å²) in [6.45, 7) is 5.82. The third-order valence-electron chi connectivity index (χ3n) is 4.02. The number of hydrogen-bond acceptors (Lipinski definition) is 2. The number of hydrogen-bond donors (Lipinski definition) is 0. The second-order valence-electron chi connectivity index (χ2n) is 5.26. The lowest BCUT2D eigenvalue weighted by atomic mass is 9.58. The highest BCUT2D eigenvalue weighted by atomic mass is 15.1. The lowest BCUT2D eigenvalue weighted by molar-refractivity contribution is -0.00516. The molecule has 1 heterocycles. The van der Waals surface area contributed by atoms with Gasteiger partial charge in [-0.1, -0.05) is 6.92 Å². The minimum atomic E-state index is 0.698. The molecule has 14 heavy (non-hydrogen) atoms. The highest BCUT2D eigenvalue weighted by molar-refractivity contribution is 4.95. The van der Waals surface area contributed by atoms with Crippen molar-refractivity contribution in [1.29, 1.82) is 5.26 Å². The molecular weight excluding hydrogens is 172 g/mol. The van der Waals surface area contributed by atoms with Gasteiger partial charge in [0, 0.05) is 13.0 Å². The maximum absolute atomic E-state index is 8.51. The van der Waals surface area contributed by atoms with Crippen LogP contribution in [0.4, 0.5) is 0 Å². The standard InChI is InChI=1S/C12H20N2/c1-11-9-12(10-11)3-7-14(8-4-12)6-2-5-13/h11H,2-4,6-10H2,1H3. The van der Waals surface area contributed by atoms with Crippen molar-refractivity contribution in [3.63, 3.8) is 0 Å². The Labute approximate surface area is 86.9 Å². The van der Waals surface area contributed by atoms with Gasteiger partial charge in [-0.25, -0.2) is 0 Å². The minimum absolute atomic E-state index is 0.698. The molecule has 0 radical (unpaired) electrons. The van der Waals surface area contributed by atoms with E-state index in [1.807, 2.05) is 0 Å². The summed E-state index contributed by atoms with van der Waals surface area (Å²) in [5.74, 6) is 0.973. The van der Waals surface area contributed by atoms with E-state index < -0.39 is 0 Å². The fourth-order valence-electron chi connectivity index (χ4n) is 3.29. The third kappa shape index (κ3) is 1.93. The van der Waals surface area contributed by atoms with E-state index in [4.69, 9.17) is 5.26 Å². The molecule has 1 aliphatic heterocycles. The van der Waals surface area contributed by atoms with Crippen molar-refractivity contribution in [2.24, 2.45) is 11.3 Å². The average Bonchev–Trinajstić information content (AvgIpc) is 2.15. The molecule has 0 aromatic rings. The summed E-state index contributed by atoms with van der Waals surface area (Å²) in [4.78, 5) is 2.46. The quantitative estimate of drug-likeness (QED) is 0.672. The third-order valence-corrected chi connectivity index (χ3v) is 4.02. The highest BCUT2D eigenvalue weighted by Gasteiger charge is 2.43. The predicted molar refractivity (Wildman–Crippen MR) is 56.7 cm³/mol. The summed E-state index contributed by atoms with van der Waals surface area (Å²) in [6, 6.07) is 2.23. The van der Waals surface area contributed by atoms with Gasteiger partial charge in [-0.05, 0) is 50.1 Å². The van der Waals surface area contributed by atoms with Gasteiger partial charge < -0.3 is 4.90 Å². The van der Waals surface area contributed by atoms with Crippen molar-refractivity contribution in [2.75, 3.05) is 19.6 Å². The normalized spacial score (nSPS) is 27.1. The van der Waals surface area contributed by atoms with E-state index in [0.29, 0.717) is 6.42 Å². The van der Waals surface area contributed by atoms with E-state index >= 15 is 0 Å². The smallest absolute Gasteiger partial charge is 0.0635 e. The van der Waals surface area contributed by atoms with Crippen molar-refractivity contribution in [3.8, 4) is 6.07 Å². The van der Waals surface area contributed by atoms with Gasteiger partial charge in [0.1, 0.15) is 0 Å². The summed E-state index contributed by atoms with van der Waals surface area (Å²) in [7, 11) is 0. The monoisotopic (exact) mass is 192 g/mol. The van der Waals surface area contributed by atoms with Crippen LogP contribution in [0.25, 0.3) is 0 Å². The van der Waals surface area contributed by atoms with Crippen LogP contribution in [0.3, 0.4) is 0 Å². The number of piperidine rings is 1. The Morgan fingerprint density at radius 2 is 2.00 bits per heavy atom. The number of nitriles is 1. The SMILES string of the molecule is CC1CC2(CCN(CCC#N)CC2)C1. The zero-order valence-electron chi connectivity index (χ0n) is 9.13. The maximum atomic E-state index is 8.51. The van der Waals surface area contributed by atoms with E-state index in [2.05, 4.69) is 17.9 Å². The molecule has 0 aromatic heterocycles. The van der Waals surface area contributed by atoms with Crippen molar-refractivity contribution < 1.29 is 0 Å². The van der Waals surface area contributed by atoms with Crippen LogP contribution in [0.5, 0.6) is 0 Å². The molecule has 1 saturated heterocycles. The Morgan fingerprint density at radius 3 is 2.50 bits per heavy atom. The summed E-state index contributed by atoms with van der Waals surface area (Å²) >= 11 is 0. The lowest BCUT2D eigenvalue weighted by Gasteiger charge is -2.51. The Hall–Kier alpha value is -0.550. The first-order valence-electron chi connectivity index (χ1n) is 5.83. The molecule has 0 amide bonds. The highest BCUT2D eigenvalue weighted by Crippen LogP contribution is 2.52. The average molecular weight is 192 g/mol. The van der Waals surface area contributed by atoms with Crippen LogP contribution in [-0.4, -0.2) is 24.5 Å². The second kappa shape index (κ2) is 3.90. The first kappa shape index (κ1) is 9.98. The molecule has 2 nitrogen and oxygen atoms in total. The Balaban J connectivity index is 1.73. The molecular formula is C12H20N2. The van der Waals surface area contributed by atoms with Gasteiger partial charge >= 0.3 is 0 Å². The van der Waals surface area contributed by atoms with Crippen LogP contribution in [0.2, 0.25) is 0 Å². The Bertz CT molecular complexity index is 225. The van der Waals surface area contributed by atoms with E-state index in [-0.39, 0.29) is 0 Å². The second-order valence-corrected chi connectivity index (χ2v) is 5.26. The van der Waals surface area contributed by atoms with Crippen LogP contribution in [0.1, 0.15) is 39.0 Å². The van der Waals surface area contributed by atoms with Gasteiger partial charge in [0.2, 0.25) is 0 Å². The zero-order chi connectivity index (χ0) is 10.0.